The Labute approximate surface area is 110 Å². The maximum atomic E-state index is 13.4. The summed E-state index contributed by atoms with van der Waals surface area (Å²) in [6, 6.07) is 10.3. The van der Waals surface area contributed by atoms with E-state index in [0.29, 0.717) is 5.56 Å². The van der Waals surface area contributed by atoms with Gasteiger partial charge in [-0.25, -0.2) is 8.78 Å². The lowest BCUT2D eigenvalue weighted by Gasteiger charge is -2.07. The summed E-state index contributed by atoms with van der Waals surface area (Å²) in [5.41, 5.74) is 1.03. The van der Waals surface area contributed by atoms with Crippen molar-refractivity contribution < 1.29 is 13.6 Å². The van der Waals surface area contributed by atoms with Gasteiger partial charge >= 0.3 is 0 Å². The van der Waals surface area contributed by atoms with Crippen LogP contribution in [0.3, 0.4) is 0 Å². The minimum Gasteiger partial charge on any atom is -0.317 e. The minimum absolute atomic E-state index is 0.361. The van der Waals surface area contributed by atoms with E-state index in [2.05, 4.69) is 5.32 Å². The second-order valence-corrected chi connectivity index (χ2v) is 4.10. The van der Waals surface area contributed by atoms with Crippen LogP contribution in [-0.2, 0) is 6.42 Å². The molecule has 0 aliphatic carbocycles. The van der Waals surface area contributed by atoms with E-state index in [1.165, 1.54) is 6.07 Å². The van der Waals surface area contributed by atoms with Crippen molar-refractivity contribution >= 4 is 11.6 Å². The molecule has 0 atom stereocenters. The molecule has 0 bridgehead atoms. The maximum absolute atomic E-state index is 13.4. The predicted octanol–water partition coefficient (Wildman–Crippen LogP) is 3.78. The summed E-state index contributed by atoms with van der Waals surface area (Å²) >= 11 is 0. The Morgan fingerprint density at radius 1 is 1.05 bits per heavy atom. The number of amides is 1. The van der Waals surface area contributed by atoms with Crippen LogP contribution < -0.4 is 5.32 Å². The fourth-order valence-electron chi connectivity index (χ4n) is 1.69. The number of aryl methyl sites for hydroxylation is 1. The lowest BCUT2D eigenvalue weighted by atomic mass is 10.1. The second-order valence-electron chi connectivity index (χ2n) is 4.10. The Hall–Kier alpha value is -2.23. The van der Waals surface area contributed by atoms with E-state index >= 15 is 0 Å². The number of carbonyl (C=O) groups excluding carboxylic acids is 1. The van der Waals surface area contributed by atoms with Crippen LogP contribution in [0.25, 0.3) is 0 Å². The molecule has 0 aliphatic heterocycles. The highest BCUT2D eigenvalue weighted by molar-refractivity contribution is 6.04. The Bertz CT molecular complexity index is 573. The van der Waals surface area contributed by atoms with Crippen molar-refractivity contribution in [1.29, 1.82) is 0 Å². The molecule has 2 rings (SSSR count). The molecular formula is C15H13F2NO. The molecular weight excluding hydrogens is 248 g/mol. The molecule has 0 aliphatic rings. The van der Waals surface area contributed by atoms with Crippen LogP contribution in [0.2, 0.25) is 0 Å². The zero-order chi connectivity index (χ0) is 13.8. The first kappa shape index (κ1) is 13.2. The molecule has 1 N–H and O–H groups in total. The van der Waals surface area contributed by atoms with Crippen molar-refractivity contribution in [2.75, 3.05) is 5.32 Å². The zero-order valence-corrected chi connectivity index (χ0v) is 10.4. The number of benzene rings is 2. The van der Waals surface area contributed by atoms with Gasteiger partial charge < -0.3 is 5.32 Å². The van der Waals surface area contributed by atoms with Gasteiger partial charge in [0, 0.05) is 5.56 Å². The van der Waals surface area contributed by atoms with Gasteiger partial charge in [-0.1, -0.05) is 25.1 Å². The number of para-hydroxylation sites is 1. The highest BCUT2D eigenvalue weighted by atomic mass is 19.1. The SMILES string of the molecule is CCc1ccc(C(=O)Nc2c(F)cccc2F)cc1. The predicted molar refractivity (Wildman–Crippen MR) is 70.1 cm³/mol. The third kappa shape index (κ3) is 2.96. The smallest absolute Gasteiger partial charge is 0.255 e. The first-order valence-corrected chi connectivity index (χ1v) is 5.96. The minimum atomic E-state index is -0.793. The van der Waals surface area contributed by atoms with Gasteiger partial charge in [0.2, 0.25) is 0 Å². The number of rotatable bonds is 3. The number of carbonyl (C=O) groups is 1. The molecule has 19 heavy (non-hydrogen) atoms. The van der Waals surface area contributed by atoms with Gasteiger partial charge in [-0.15, -0.1) is 0 Å². The van der Waals surface area contributed by atoms with Crippen molar-refractivity contribution in [3.63, 3.8) is 0 Å². The molecule has 1 amide bonds. The van der Waals surface area contributed by atoms with Crippen LogP contribution in [0.4, 0.5) is 14.5 Å². The highest BCUT2D eigenvalue weighted by Gasteiger charge is 2.13. The summed E-state index contributed by atoms with van der Waals surface area (Å²) in [6.45, 7) is 2.00. The number of halogens is 2. The summed E-state index contributed by atoms with van der Waals surface area (Å²) in [6.07, 6.45) is 0.865. The Kier molecular flexibility index (Phi) is 3.90. The average Bonchev–Trinajstić information content (AvgIpc) is 2.43. The third-order valence-corrected chi connectivity index (χ3v) is 2.83. The van der Waals surface area contributed by atoms with E-state index in [9.17, 15) is 13.6 Å². The van der Waals surface area contributed by atoms with Gasteiger partial charge in [0.25, 0.3) is 5.91 Å². The summed E-state index contributed by atoms with van der Waals surface area (Å²) in [5, 5.41) is 2.24. The van der Waals surface area contributed by atoms with Gasteiger partial charge in [-0.05, 0) is 36.2 Å². The van der Waals surface area contributed by atoms with E-state index in [4.69, 9.17) is 0 Å². The van der Waals surface area contributed by atoms with Crippen LogP contribution in [0.5, 0.6) is 0 Å². The lowest BCUT2D eigenvalue weighted by molar-refractivity contribution is 0.102. The van der Waals surface area contributed by atoms with E-state index in [1.54, 1.807) is 12.1 Å². The van der Waals surface area contributed by atoms with E-state index in [0.717, 1.165) is 24.1 Å². The molecule has 0 fully saturated rings. The summed E-state index contributed by atoms with van der Waals surface area (Å²) in [7, 11) is 0. The van der Waals surface area contributed by atoms with Crippen molar-refractivity contribution in [1.82, 2.24) is 0 Å². The third-order valence-electron chi connectivity index (χ3n) is 2.83. The molecule has 2 aromatic carbocycles. The monoisotopic (exact) mass is 261 g/mol. The maximum Gasteiger partial charge on any atom is 0.255 e. The first-order chi connectivity index (χ1) is 9.11. The summed E-state index contributed by atoms with van der Waals surface area (Å²) in [4.78, 5) is 11.9. The highest BCUT2D eigenvalue weighted by Crippen LogP contribution is 2.19. The molecule has 0 saturated heterocycles. The van der Waals surface area contributed by atoms with E-state index in [-0.39, 0.29) is 0 Å². The zero-order valence-electron chi connectivity index (χ0n) is 10.4. The molecule has 0 unspecified atom stereocenters. The molecule has 98 valence electrons. The average molecular weight is 261 g/mol. The molecule has 0 spiro atoms. The van der Waals surface area contributed by atoms with Gasteiger partial charge in [0.05, 0.1) is 0 Å². The second kappa shape index (κ2) is 5.61. The lowest BCUT2D eigenvalue weighted by Crippen LogP contribution is -2.14. The fourth-order valence-corrected chi connectivity index (χ4v) is 1.69. The van der Waals surface area contributed by atoms with Crippen molar-refractivity contribution in [3.05, 3.63) is 65.2 Å². The van der Waals surface area contributed by atoms with Gasteiger partial charge in [0.1, 0.15) is 17.3 Å². The number of hydrogen-bond donors (Lipinski definition) is 1. The van der Waals surface area contributed by atoms with Crippen LogP contribution in [0, 0.1) is 11.6 Å². The molecule has 0 heterocycles. The fraction of sp³-hybridized carbons (Fsp3) is 0.133. The largest absolute Gasteiger partial charge is 0.317 e. The first-order valence-electron chi connectivity index (χ1n) is 5.96. The van der Waals surface area contributed by atoms with Crippen LogP contribution in [0.15, 0.2) is 42.5 Å². The van der Waals surface area contributed by atoms with Gasteiger partial charge in [-0.2, -0.15) is 0 Å². The standard InChI is InChI=1S/C15H13F2NO/c1-2-10-6-8-11(9-7-10)15(19)18-14-12(16)4-3-5-13(14)17/h3-9H,2H2,1H3,(H,18,19). The number of hydrogen-bond acceptors (Lipinski definition) is 1. The summed E-state index contributed by atoms with van der Waals surface area (Å²) in [5.74, 6) is -2.12. The Morgan fingerprint density at radius 3 is 2.16 bits per heavy atom. The van der Waals surface area contributed by atoms with E-state index < -0.39 is 23.2 Å². The quantitative estimate of drug-likeness (QED) is 0.895. The molecule has 2 aromatic rings. The topological polar surface area (TPSA) is 29.1 Å². The Morgan fingerprint density at radius 2 is 1.63 bits per heavy atom. The van der Waals surface area contributed by atoms with Gasteiger partial charge in [-0.3, -0.25) is 4.79 Å². The molecule has 2 nitrogen and oxygen atoms in total. The Balaban J connectivity index is 2.20. The number of anilines is 1. The van der Waals surface area contributed by atoms with Crippen molar-refractivity contribution in [3.8, 4) is 0 Å². The molecule has 0 aromatic heterocycles. The van der Waals surface area contributed by atoms with Crippen molar-refractivity contribution in [2.45, 2.75) is 13.3 Å². The van der Waals surface area contributed by atoms with Crippen LogP contribution in [-0.4, -0.2) is 5.91 Å². The van der Waals surface area contributed by atoms with Crippen LogP contribution >= 0.6 is 0 Å². The van der Waals surface area contributed by atoms with Crippen LogP contribution in [0.1, 0.15) is 22.8 Å². The molecule has 4 heteroatoms. The summed E-state index contributed by atoms with van der Waals surface area (Å²) < 4.78 is 26.8. The molecule has 0 radical (unpaired) electrons. The molecule has 0 saturated carbocycles. The normalized spacial score (nSPS) is 10.3. The van der Waals surface area contributed by atoms with E-state index in [1.807, 2.05) is 19.1 Å². The number of nitrogens with one attached hydrogen (secondary N) is 1. The van der Waals surface area contributed by atoms with Gasteiger partial charge in [0.15, 0.2) is 0 Å². The van der Waals surface area contributed by atoms with Crippen molar-refractivity contribution in [2.24, 2.45) is 0 Å².